The Kier molecular flexibility index (Phi) is 6.04. The van der Waals surface area contributed by atoms with E-state index in [-0.39, 0.29) is 5.91 Å². The molecule has 2 heterocycles. The summed E-state index contributed by atoms with van der Waals surface area (Å²) >= 11 is 0. The van der Waals surface area contributed by atoms with Crippen molar-refractivity contribution < 1.29 is 14.3 Å². The van der Waals surface area contributed by atoms with Crippen molar-refractivity contribution in [2.24, 2.45) is 0 Å². The molecule has 172 valence electrons. The van der Waals surface area contributed by atoms with Crippen molar-refractivity contribution in [3.05, 3.63) is 84.4 Å². The van der Waals surface area contributed by atoms with Crippen LogP contribution in [0.25, 0.3) is 22.2 Å². The molecule has 1 aromatic heterocycles. The molecule has 0 bridgehead atoms. The number of nitrogens with zero attached hydrogens (tertiary/aromatic N) is 3. The molecule has 1 fully saturated rings. The Hall–Kier alpha value is -4.06. The molecule has 1 saturated heterocycles. The predicted molar refractivity (Wildman–Crippen MR) is 135 cm³/mol. The zero-order chi connectivity index (χ0) is 23.5. The van der Waals surface area contributed by atoms with E-state index >= 15 is 0 Å². The minimum absolute atomic E-state index is 0.0442. The van der Waals surface area contributed by atoms with Crippen molar-refractivity contribution in [3.8, 4) is 22.8 Å². The molecule has 1 aliphatic heterocycles. The maximum Gasteiger partial charge on any atom is 0.254 e. The number of ether oxygens (including phenoxy) is 2. The van der Waals surface area contributed by atoms with Crippen LogP contribution in [0.1, 0.15) is 10.4 Å². The van der Waals surface area contributed by atoms with Crippen LogP contribution in [0, 0.1) is 0 Å². The van der Waals surface area contributed by atoms with E-state index in [9.17, 15) is 4.79 Å². The van der Waals surface area contributed by atoms with Crippen LogP contribution in [0.5, 0.6) is 11.5 Å². The summed E-state index contributed by atoms with van der Waals surface area (Å²) in [6.45, 7) is 2.90. The smallest absolute Gasteiger partial charge is 0.254 e. The molecule has 0 radical (unpaired) electrons. The van der Waals surface area contributed by atoms with E-state index in [0.29, 0.717) is 18.7 Å². The number of carbonyl (C=O) groups is 1. The molecule has 0 unspecified atom stereocenters. The molecule has 0 atom stereocenters. The van der Waals surface area contributed by atoms with Crippen LogP contribution in [0.15, 0.2) is 78.9 Å². The van der Waals surface area contributed by atoms with Crippen LogP contribution in [0.3, 0.4) is 0 Å². The van der Waals surface area contributed by atoms with Crippen molar-refractivity contribution in [1.29, 1.82) is 0 Å². The van der Waals surface area contributed by atoms with Gasteiger partial charge in [-0.25, -0.2) is 4.98 Å². The van der Waals surface area contributed by atoms with Gasteiger partial charge in [-0.2, -0.15) is 0 Å². The lowest BCUT2D eigenvalue weighted by molar-refractivity contribution is 0.0748. The highest BCUT2D eigenvalue weighted by Gasteiger charge is 2.24. The largest absolute Gasteiger partial charge is 0.497 e. The maximum absolute atomic E-state index is 13.7. The fourth-order valence-corrected chi connectivity index (χ4v) is 4.39. The van der Waals surface area contributed by atoms with Gasteiger partial charge < -0.3 is 19.3 Å². The highest BCUT2D eigenvalue weighted by Crippen LogP contribution is 2.28. The van der Waals surface area contributed by atoms with E-state index in [4.69, 9.17) is 14.5 Å². The third-order valence-electron chi connectivity index (χ3n) is 6.34. The Bertz CT molecular complexity index is 1300. The lowest BCUT2D eigenvalue weighted by Gasteiger charge is -2.36. The minimum Gasteiger partial charge on any atom is -0.497 e. The van der Waals surface area contributed by atoms with Gasteiger partial charge in [0.05, 0.1) is 31.0 Å². The Balaban J connectivity index is 1.40. The second-order valence-corrected chi connectivity index (χ2v) is 8.28. The van der Waals surface area contributed by atoms with E-state index in [0.717, 1.165) is 52.4 Å². The fourth-order valence-electron chi connectivity index (χ4n) is 4.39. The Morgan fingerprint density at radius 1 is 0.794 bits per heavy atom. The van der Waals surface area contributed by atoms with E-state index in [1.807, 2.05) is 71.6 Å². The molecule has 0 aliphatic carbocycles. The van der Waals surface area contributed by atoms with Gasteiger partial charge in [0.2, 0.25) is 0 Å². The number of hydrogen-bond donors (Lipinski definition) is 0. The van der Waals surface area contributed by atoms with Gasteiger partial charge >= 0.3 is 0 Å². The van der Waals surface area contributed by atoms with E-state index in [1.165, 1.54) is 0 Å². The number of methoxy groups -OCH3 is 2. The summed E-state index contributed by atoms with van der Waals surface area (Å²) in [5.41, 5.74) is 4.38. The van der Waals surface area contributed by atoms with Crippen molar-refractivity contribution in [2.45, 2.75) is 0 Å². The molecule has 6 nitrogen and oxygen atoms in total. The molecule has 0 saturated carbocycles. The number of aromatic nitrogens is 1. The SMILES string of the molecule is COc1ccc(-c2cc(C(=O)N3CCN(c4ccc(OC)cc4)CC3)c3ccccc3n2)cc1. The van der Waals surface area contributed by atoms with Crippen LogP contribution >= 0.6 is 0 Å². The Morgan fingerprint density at radius 3 is 2.06 bits per heavy atom. The number of anilines is 1. The topological polar surface area (TPSA) is 54.9 Å². The third-order valence-corrected chi connectivity index (χ3v) is 6.34. The third kappa shape index (κ3) is 4.27. The summed E-state index contributed by atoms with van der Waals surface area (Å²) in [6, 6.07) is 25.6. The summed E-state index contributed by atoms with van der Waals surface area (Å²) in [6.07, 6.45) is 0. The van der Waals surface area contributed by atoms with Gasteiger partial charge in [-0.15, -0.1) is 0 Å². The van der Waals surface area contributed by atoms with Gasteiger partial charge in [-0.3, -0.25) is 4.79 Å². The molecular weight excluding hydrogens is 426 g/mol. The molecule has 0 spiro atoms. The standard InChI is InChI=1S/C28H27N3O3/c1-33-22-11-7-20(8-12-22)27-19-25(24-5-3-4-6-26(24)29-27)28(32)31-17-15-30(16-18-31)21-9-13-23(34-2)14-10-21/h3-14,19H,15-18H2,1-2H3. The Labute approximate surface area is 199 Å². The molecule has 6 heteroatoms. The number of carbonyl (C=O) groups excluding carboxylic acids is 1. The number of pyridine rings is 1. The number of hydrogen-bond acceptors (Lipinski definition) is 5. The van der Waals surface area contributed by atoms with E-state index in [2.05, 4.69) is 17.0 Å². The number of piperazine rings is 1. The second kappa shape index (κ2) is 9.43. The van der Waals surface area contributed by atoms with Crippen LogP contribution in [-0.2, 0) is 0 Å². The second-order valence-electron chi connectivity index (χ2n) is 8.28. The van der Waals surface area contributed by atoms with Crippen molar-refractivity contribution in [1.82, 2.24) is 9.88 Å². The van der Waals surface area contributed by atoms with Gasteiger partial charge in [0.25, 0.3) is 5.91 Å². The monoisotopic (exact) mass is 453 g/mol. The van der Waals surface area contributed by atoms with Gasteiger partial charge in [-0.05, 0) is 60.7 Å². The number of rotatable bonds is 5. The summed E-state index contributed by atoms with van der Waals surface area (Å²) in [4.78, 5) is 22.7. The number of fused-ring (bicyclic) bond motifs is 1. The first kappa shape index (κ1) is 21.8. The van der Waals surface area contributed by atoms with E-state index in [1.54, 1.807) is 14.2 Å². The van der Waals surface area contributed by atoms with Crippen molar-refractivity contribution >= 4 is 22.5 Å². The molecule has 4 aromatic rings. The van der Waals surface area contributed by atoms with Crippen LogP contribution in [0.4, 0.5) is 5.69 Å². The summed E-state index contributed by atoms with van der Waals surface area (Å²) in [7, 11) is 3.32. The number of para-hydroxylation sites is 1. The fraction of sp³-hybridized carbons (Fsp3) is 0.214. The molecule has 1 amide bonds. The number of benzene rings is 3. The molecule has 0 N–H and O–H groups in total. The molecule has 5 rings (SSSR count). The van der Waals surface area contributed by atoms with Gasteiger partial charge in [-0.1, -0.05) is 18.2 Å². The quantitative estimate of drug-likeness (QED) is 0.431. The van der Waals surface area contributed by atoms with Crippen LogP contribution < -0.4 is 14.4 Å². The average Bonchev–Trinajstić information content (AvgIpc) is 2.92. The molecule has 3 aromatic carbocycles. The lowest BCUT2D eigenvalue weighted by atomic mass is 10.0. The van der Waals surface area contributed by atoms with Crippen LogP contribution in [0.2, 0.25) is 0 Å². The average molecular weight is 454 g/mol. The summed E-state index contributed by atoms with van der Waals surface area (Å²) in [5, 5.41) is 0.877. The van der Waals surface area contributed by atoms with Gasteiger partial charge in [0, 0.05) is 42.8 Å². The highest BCUT2D eigenvalue weighted by atomic mass is 16.5. The normalized spacial score (nSPS) is 13.7. The first-order valence-electron chi connectivity index (χ1n) is 11.4. The Morgan fingerprint density at radius 2 is 1.41 bits per heavy atom. The van der Waals surface area contributed by atoms with Crippen molar-refractivity contribution in [2.75, 3.05) is 45.3 Å². The zero-order valence-electron chi connectivity index (χ0n) is 19.4. The predicted octanol–water partition coefficient (Wildman–Crippen LogP) is 4.88. The lowest BCUT2D eigenvalue weighted by Crippen LogP contribution is -2.48. The van der Waals surface area contributed by atoms with Crippen molar-refractivity contribution in [3.63, 3.8) is 0 Å². The first-order chi connectivity index (χ1) is 16.7. The minimum atomic E-state index is 0.0442. The van der Waals surface area contributed by atoms with E-state index < -0.39 is 0 Å². The number of amides is 1. The zero-order valence-corrected chi connectivity index (χ0v) is 19.4. The first-order valence-corrected chi connectivity index (χ1v) is 11.4. The van der Waals surface area contributed by atoms with Gasteiger partial charge in [0.1, 0.15) is 11.5 Å². The molecular formula is C28H27N3O3. The maximum atomic E-state index is 13.7. The van der Waals surface area contributed by atoms with Crippen LogP contribution in [-0.4, -0.2) is 56.2 Å². The summed E-state index contributed by atoms with van der Waals surface area (Å²) < 4.78 is 10.5. The highest BCUT2D eigenvalue weighted by molar-refractivity contribution is 6.07. The van der Waals surface area contributed by atoms with Gasteiger partial charge in [0.15, 0.2) is 0 Å². The summed E-state index contributed by atoms with van der Waals surface area (Å²) in [5.74, 6) is 1.67. The molecule has 34 heavy (non-hydrogen) atoms. The molecule has 1 aliphatic rings.